The number of rotatable bonds is 6. The first kappa shape index (κ1) is 18.7. The molecule has 0 spiro atoms. The van der Waals surface area contributed by atoms with E-state index in [4.69, 9.17) is 0 Å². The van der Waals surface area contributed by atoms with Gasteiger partial charge in [-0.15, -0.1) is 11.3 Å². The minimum Gasteiger partial charge on any atom is -0.329 e. The molecule has 0 bridgehead atoms. The van der Waals surface area contributed by atoms with Crippen molar-refractivity contribution in [3.63, 3.8) is 0 Å². The van der Waals surface area contributed by atoms with Crippen LogP contribution in [0.5, 0.6) is 0 Å². The fourth-order valence-electron chi connectivity index (χ4n) is 2.60. The summed E-state index contributed by atoms with van der Waals surface area (Å²) in [5.41, 5.74) is 0. The molecule has 0 aliphatic heterocycles. The third-order valence-electron chi connectivity index (χ3n) is 4.14. The molecule has 6 nitrogen and oxygen atoms in total. The Bertz CT molecular complexity index is 766. The normalized spacial score (nSPS) is 14.5. The van der Waals surface area contributed by atoms with Crippen molar-refractivity contribution in [3.8, 4) is 10.7 Å². The highest BCUT2D eigenvalue weighted by molar-refractivity contribution is 7.15. The highest BCUT2D eigenvalue weighted by Gasteiger charge is 2.39. The fourth-order valence-corrected chi connectivity index (χ4v) is 3.54. The van der Waals surface area contributed by atoms with Gasteiger partial charge in [-0.3, -0.25) is 0 Å². The lowest BCUT2D eigenvalue weighted by Crippen LogP contribution is -2.43. The van der Waals surface area contributed by atoms with Crippen LogP contribution in [0.4, 0.5) is 18.0 Å². The Balaban J connectivity index is 1.74. The Labute approximate surface area is 152 Å². The summed E-state index contributed by atoms with van der Waals surface area (Å²) in [6.07, 6.45) is -2.71. The number of nitrogens with zero attached hydrogens (tertiary/aromatic N) is 4. The smallest absolute Gasteiger partial charge is 0.329 e. The van der Waals surface area contributed by atoms with Crippen LogP contribution in [0.1, 0.15) is 37.5 Å². The molecule has 0 N–H and O–H groups in total. The summed E-state index contributed by atoms with van der Waals surface area (Å²) in [5, 5.41) is 3.40. The average molecular weight is 388 g/mol. The summed E-state index contributed by atoms with van der Waals surface area (Å²) in [7, 11) is 0. The monoisotopic (exact) mass is 388 g/mol. The number of thiophene rings is 1. The Hall–Kier alpha value is -2.10. The average Bonchev–Trinajstić information content (AvgIpc) is 3.11. The molecule has 2 aromatic heterocycles. The van der Waals surface area contributed by atoms with Gasteiger partial charge in [0, 0.05) is 24.0 Å². The highest BCUT2D eigenvalue weighted by Crippen LogP contribution is 2.34. The van der Waals surface area contributed by atoms with Crippen molar-refractivity contribution in [2.75, 3.05) is 13.1 Å². The second-order valence-corrected chi connectivity index (χ2v) is 7.17. The number of urea groups is 1. The molecule has 0 aromatic carbocycles. The van der Waals surface area contributed by atoms with Gasteiger partial charge >= 0.3 is 18.1 Å². The number of alkyl halides is 3. The summed E-state index contributed by atoms with van der Waals surface area (Å²) >= 11 is 1.26. The molecule has 3 rings (SSSR count). The van der Waals surface area contributed by atoms with E-state index in [-0.39, 0.29) is 17.9 Å². The quantitative estimate of drug-likeness (QED) is 0.742. The zero-order chi connectivity index (χ0) is 18.9. The fraction of sp³-hybridized carbons (Fsp3) is 0.562. The lowest BCUT2D eigenvalue weighted by atomic mass is 10.3. The van der Waals surface area contributed by atoms with Crippen LogP contribution in [-0.4, -0.2) is 45.1 Å². The maximum atomic E-state index is 12.7. The largest absolute Gasteiger partial charge is 0.471 e. The molecular formula is C16H19F3N4O2S. The third kappa shape index (κ3) is 4.00. The van der Waals surface area contributed by atoms with E-state index in [1.807, 2.05) is 18.7 Å². The van der Waals surface area contributed by atoms with Crippen molar-refractivity contribution in [2.24, 2.45) is 0 Å². The topological polar surface area (TPSA) is 62.5 Å². The molecule has 1 aliphatic carbocycles. The van der Waals surface area contributed by atoms with Crippen LogP contribution in [0.2, 0.25) is 0 Å². The summed E-state index contributed by atoms with van der Waals surface area (Å²) in [6, 6.07) is 3.66. The van der Waals surface area contributed by atoms with Gasteiger partial charge in [0.2, 0.25) is 5.82 Å². The lowest BCUT2D eigenvalue weighted by Gasteiger charge is -2.29. The van der Waals surface area contributed by atoms with Gasteiger partial charge in [0.15, 0.2) is 0 Å². The van der Waals surface area contributed by atoms with Crippen molar-refractivity contribution in [1.29, 1.82) is 0 Å². The van der Waals surface area contributed by atoms with Gasteiger partial charge in [0.25, 0.3) is 0 Å². The molecular weight excluding hydrogens is 369 g/mol. The van der Waals surface area contributed by atoms with Gasteiger partial charge in [-0.1, -0.05) is 5.16 Å². The number of carbonyl (C=O) groups excluding carboxylic acids is 1. The third-order valence-corrected chi connectivity index (χ3v) is 5.21. The number of aromatic nitrogens is 2. The van der Waals surface area contributed by atoms with Crippen LogP contribution >= 0.6 is 11.3 Å². The molecule has 1 saturated carbocycles. The predicted octanol–water partition coefficient (Wildman–Crippen LogP) is 4.24. The van der Waals surface area contributed by atoms with E-state index in [9.17, 15) is 18.0 Å². The van der Waals surface area contributed by atoms with Crippen molar-refractivity contribution in [3.05, 3.63) is 22.9 Å². The van der Waals surface area contributed by atoms with Crippen LogP contribution in [0.25, 0.3) is 10.7 Å². The molecule has 10 heteroatoms. The minimum atomic E-state index is -4.66. The van der Waals surface area contributed by atoms with Crippen molar-refractivity contribution >= 4 is 17.4 Å². The van der Waals surface area contributed by atoms with Gasteiger partial charge in [0.05, 0.1) is 11.4 Å². The molecule has 1 fully saturated rings. The van der Waals surface area contributed by atoms with E-state index in [2.05, 4.69) is 14.7 Å². The molecule has 2 amide bonds. The number of hydrogen-bond acceptors (Lipinski definition) is 5. The van der Waals surface area contributed by atoms with Crippen LogP contribution in [-0.2, 0) is 12.7 Å². The molecule has 26 heavy (non-hydrogen) atoms. The van der Waals surface area contributed by atoms with Gasteiger partial charge in [-0.25, -0.2) is 4.79 Å². The molecule has 2 aromatic rings. The van der Waals surface area contributed by atoms with E-state index in [1.54, 1.807) is 17.0 Å². The minimum absolute atomic E-state index is 0.00799. The summed E-state index contributed by atoms with van der Waals surface area (Å²) in [6.45, 7) is 5.57. The Morgan fingerprint density at radius 1 is 1.31 bits per heavy atom. The van der Waals surface area contributed by atoms with E-state index in [0.29, 0.717) is 24.5 Å². The number of amides is 2. The SMILES string of the molecule is CCN(CC)C(=O)N(Cc1ccc(-c2noc(C(F)(F)F)n2)s1)C1CC1. The first-order valence-corrected chi connectivity index (χ1v) is 9.20. The maximum Gasteiger partial charge on any atom is 0.471 e. The summed E-state index contributed by atoms with van der Waals surface area (Å²) in [4.78, 5) is 21.0. The van der Waals surface area contributed by atoms with E-state index >= 15 is 0 Å². The molecule has 0 saturated heterocycles. The molecule has 0 atom stereocenters. The first-order valence-electron chi connectivity index (χ1n) is 8.39. The number of halogens is 3. The van der Waals surface area contributed by atoms with E-state index in [1.165, 1.54) is 11.3 Å². The number of hydrogen-bond donors (Lipinski definition) is 0. The summed E-state index contributed by atoms with van der Waals surface area (Å²) in [5.74, 6) is -1.46. The van der Waals surface area contributed by atoms with Crippen LogP contribution in [0.15, 0.2) is 16.7 Å². The standard InChI is InChI=1S/C16H19F3N4O2S/c1-3-22(4-2)15(24)23(10-5-6-10)9-11-7-8-12(26-11)13-20-14(25-21-13)16(17,18)19/h7-8,10H,3-6,9H2,1-2H3. The highest BCUT2D eigenvalue weighted by atomic mass is 32.1. The van der Waals surface area contributed by atoms with Crippen LogP contribution in [0.3, 0.4) is 0 Å². The van der Waals surface area contributed by atoms with Gasteiger partial charge in [-0.2, -0.15) is 18.2 Å². The maximum absolute atomic E-state index is 12.7. The Kier molecular flexibility index (Phi) is 5.22. The van der Waals surface area contributed by atoms with Crippen molar-refractivity contribution in [1.82, 2.24) is 19.9 Å². The number of carbonyl (C=O) groups is 1. The van der Waals surface area contributed by atoms with Crippen LogP contribution < -0.4 is 0 Å². The van der Waals surface area contributed by atoms with E-state index < -0.39 is 12.1 Å². The predicted molar refractivity (Wildman–Crippen MR) is 89.5 cm³/mol. The molecule has 1 aliphatic rings. The lowest BCUT2D eigenvalue weighted by molar-refractivity contribution is -0.159. The molecule has 0 radical (unpaired) electrons. The van der Waals surface area contributed by atoms with Crippen molar-refractivity contribution in [2.45, 2.75) is 45.5 Å². The second-order valence-electron chi connectivity index (χ2n) is 6.00. The molecule has 0 unspecified atom stereocenters. The van der Waals surface area contributed by atoms with E-state index in [0.717, 1.165) is 17.7 Å². The van der Waals surface area contributed by atoms with Crippen molar-refractivity contribution < 1.29 is 22.5 Å². The van der Waals surface area contributed by atoms with Gasteiger partial charge in [-0.05, 0) is 38.8 Å². The van der Waals surface area contributed by atoms with Crippen LogP contribution in [0, 0.1) is 0 Å². The zero-order valence-corrected chi connectivity index (χ0v) is 15.2. The second kappa shape index (κ2) is 7.26. The van der Waals surface area contributed by atoms with Gasteiger partial charge in [0.1, 0.15) is 0 Å². The molecule has 2 heterocycles. The molecule has 142 valence electrons. The zero-order valence-electron chi connectivity index (χ0n) is 14.4. The Morgan fingerprint density at radius 3 is 2.54 bits per heavy atom. The first-order chi connectivity index (χ1) is 12.3. The summed E-state index contributed by atoms with van der Waals surface area (Å²) < 4.78 is 42.0. The Morgan fingerprint density at radius 2 is 2.00 bits per heavy atom. The van der Waals surface area contributed by atoms with Gasteiger partial charge < -0.3 is 14.3 Å².